The van der Waals surface area contributed by atoms with Gasteiger partial charge in [0.1, 0.15) is 0 Å². The van der Waals surface area contributed by atoms with E-state index in [1.807, 2.05) is 11.8 Å². The summed E-state index contributed by atoms with van der Waals surface area (Å²) in [5.41, 5.74) is 0. The molecule has 3 unspecified atom stereocenters. The quantitative estimate of drug-likeness (QED) is 0.765. The predicted octanol–water partition coefficient (Wildman–Crippen LogP) is 2.98. The molecule has 2 rings (SSSR count). The van der Waals surface area contributed by atoms with E-state index in [1.165, 1.54) is 50.8 Å². The van der Waals surface area contributed by atoms with E-state index in [1.54, 1.807) is 0 Å². The second kappa shape index (κ2) is 7.16. The Morgan fingerprint density at radius 2 is 1.94 bits per heavy atom. The zero-order valence-electron chi connectivity index (χ0n) is 12.3. The number of piperidine rings is 1. The normalized spacial score (nSPS) is 33.0. The lowest BCUT2D eigenvalue weighted by atomic mass is 9.89. The van der Waals surface area contributed by atoms with Gasteiger partial charge in [0.2, 0.25) is 0 Å². The third kappa shape index (κ3) is 4.14. The minimum atomic E-state index is 0.746. The van der Waals surface area contributed by atoms with E-state index in [2.05, 4.69) is 30.4 Å². The molecule has 18 heavy (non-hydrogen) atoms. The molecule has 0 aromatic carbocycles. The van der Waals surface area contributed by atoms with Crippen LogP contribution in [0.2, 0.25) is 0 Å². The summed E-state index contributed by atoms with van der Waals surface area (Å²) in [5.74, 6) is 2.28. The molecule has 0 aromatic rings. The van der Waals surface area contributed by atoms with Crippen molar-refractivity contribution >= 4 is 11.8 Å². The van der Waals surface area contributed by atoms with Crippen molar-refractivity contribution in [2.24, 2.45) is 5.92 Å². The van der Waals surface area contributed by atoms with Crippen LogP contribution in [0.5, 0.6) is 0 Å². The summed E-state index contributed by atoms with van der Waals surface area (Å²) in [6.07, 6.45) is 10.7. The van der Waals surface area contributed by atoms with Crippen LogP contribution in [-0.2, 0) is 0 Å². The van der Waals surface area contributed by atoms with Crippen molar-refractivity contribution in [3.8, 4) is 0 Å². The molecule has 0 spiro atoms. The molecule has 2 fully saturated rings. The summed E-state index contributed by atoms with van der Waals surface area (Å²) in [6.45, 7) is 3.67. The monoisotopic (exact) mass is 270 g/mol. The van der Waals surface area contributed by atoms with E-state index in [4.69, 9.17) is 0 Å². The van der Waals surface area contributed by atoms with E-state index in [9.17, 15) is 0 Å². The summed E-state index contributed by atoms with van der Waals surface area (Å²) in [4.78, 5) is 2.57. The molecule has 3 heteroatoms. The molecule has 0 radical (unpaired) electrons. The van der Waals surface area contributed by atoms with Gasteiger partial charge in [0.15, 0.2) is 0 Å². The molecule has 0 aromatic heterocycles. The maximum atomic E-state index is 3.74. The van der Waals surface area contributed by atoms with Crippen molar-refractivity contribution in [3.63, 3.8) is 0 Å². The topological polar surface area (TPSA) is 15.3 Å². The fourth-order valence-electron chi connectivity index (χ4n) is 3.53. The number of rotatable bonds is 7. The van der Waals surface area contributed by atoms with Gasteiger partial charge < -0.3 is 10.2 Å². The van der Waals surface area contributed by atoms with Crippen LogP contribution in [0.3, 0.4) is 0 Å². The highest BCUT2D eigenvalue weighted by Crippen LogP contribution is 2.32. The molecule has 2 aliphatic rings. The Kier molecular flexibility index (Phi) is 5.84. The zero-order chi connectivity index (χ0) is 13.0. The van der Waals surface area contributed by atoms with Gasteiger partial charge in [-0.05, 0) is 77.0 Å². The average molecular weight is 270 g/mol. The Balaban J connectivity index is 1.64. The van der Waals surface area contributed by atoms with Crippen LogP contribution in [0.4, 0.5) is 0 Å². The second-order valence-electron chi connectivity index (χ2n) is 6.38. The van der Waals surface area contributed by atoms with Gasteiger partial charge in [-0.1, -0.05) is 0 Å². The van der Waals surface area contributed by atoms with Gasteiger partial charge in [0.25, 0.3) is 0 Å². The van der Waals surface area contributed by atoms with Crippen molar-refractivity contribution in [2.75, 3.05) is 25.6 Å². The first-order chi connectivity index (χ1) is 8.69. The largest absolute Gasteiger partial charge is 0.311 e. The Labute approximate surface area is 117 Å². The number of hydrogen-bond acceptors (Lipinski definition) is 3. The first-order valence-corrected chi connectivity index (χ1v) is 9.03. The van der Waals surface area contributed by atoms with Crippen molar-refractivity contribution < 1.29 is 0 Å². The van der Waals surface area contributed by atoms with Gasteiger partial charge in [-0.3, -0.25) is 0 Å². The molecule has 0 amide bonds. The van der Waals surface area contributed by atoms with E-state index in [-0.39, 0.29) is 0 Å². The van der Waals surface area contributed by atoms with Crippen LogP contribution in [0.15, 0.2) is 0 Å². The van der Waals surface area contributed by atoms with E-state index < -0.39 is 0 Å². The van der Waals surface area contributed by atoms with Gasteiger partial charge >= 0.3 is 0 Å². The lowest BCUT2D eigenvalue weighted by Gasteiger charge is -2.31. The SMILES string of the molecule is CSCCC(C)N(C)CCC1CC2CCC(C1)N2. The Morgan fingerprint density at radius 3 is 2.56 bits per heavy atom. The lowest BCUT2D eigenvalue weighted by Crippen LogP contribution is -2.39. The second-order valence-corrected chi connectivity index (χ2v) is 7.36. The highest BCUT2D eigenvalue weighted by molar-refractivity contribution is 7.98. The van der Waals surface area contributed by atoms with E-state index in [0.29, 0.717) is 0 Å². The highest BCUT2D eigenvalue weighted by atomic mass is 32.2. The molecule has 0 aliphatic carbocycles. The molecule has 1 N–H and O–H groups in total. The number of hydrogen-bond donors (Lipinski definition) is 1. The van der Waals surface area contributed by atoms with Crippen LogP contribution in [0.25, 0.3) is 0 Å². The molecular formula is C15H30N2S. The van der Waals surface area contributed by atoms with Gasteiger partial charge in [0.05, 0.1) is 0 Å². The molecule has 0 saturated carbocycles. The third-order valence-electron chi connectivity index (χ3n) is 4.95. The summed E-state index contributed by atoms with van der Waals surface area (Å²) in [6, 6.07) is 2.46. The minimum Gasteiger partial charge on any atom is -0.311 e. The van der Waals surface area contributed by atoms with Crippen LogP contribution in [0, 0.1) is 5.92 Å². The maximum absolute atomic E-state index is 3.74. The first kappa shape index (κ1) is 14.7. The van der Waals surface area contributed by atoms with Crippen molar-refractivity contribution in [1.82, 2.24) is 10.2 Å². The number of nitrogens with zero attached hydrogens (tertiary/aromatic N) is 1. The summed E-state index contributed by atoms with van der Waals surface area (Å²) in [5, 5.41) is 3.74. The summed E-state index contributed by atoms with van der Waals surface area (Å²) < 4.78 is 0. The molecule has 2 bridgehead atoms. The van der Waals surface area contributed by atoms with Crippen molar-refractivity contribution in [2.45, 2.75) is 63.6 Å². The molecule has 2 saturated heterocycles. The van der Waals surface area contributed by atoms with E-state index in [0.717, 1.165) is 24.0 Å². The average Bonchev–Trinajstić information content (AvgIpc) is 2.72. The molecule has 3 atom stereocenters. The molecular weight excluding hydrogens is 240 g/mol. The van der Waals surface area contributed by atoms with Crippen LogP contribution in [0.1, 0.15) is 45.4 Å². The molecule has 2 nitrogen and oxygen atoms in total. The first-order valence-electron chi connectivity index (χ1n) is 7.64. The highest BCUT2D eigenvalue weighted by Gasteiger charge is 2.33. The Hall–Kier alpha value is 0.270. The number of fused-ring (bicyclic) bond motifs is 2. The van der Waals surface area contributed by atoms with Crippen LogP contribution >= 0.6 is 11.8 Å². The maximum Gasteiger partial charge on any atom is 0.00728 e. The zero-order valence-corrected chi connectivity index (χ0v) is 13.1. The van der Waals surface area contributed by atoms with Gasteiger partial charge in [-0.25, -0.2) is 0 Å². The number of nitrogens with one attached hydrogen (secondary N) is 1. The lowest BCUT2D eigenvalue weighted by molar-refractivity contribution is 0.207. The minimum absolute atomic E-state index is 0.746. The molecule has 106 valence electrons. The fourth-order valence-corrected chi connectivity index (χ4v) is 4.10. The Morgan fingerprint density at radius 1 is 1.28 bits per heavy atom. The van der Waals surface area contributed by atoms with Crippen LogP contribution in [-0.4, -0.2) is 48.6 Å². The van der Waals surface area contributed by atoms with E-state index >= 15 is 0 Å². The third-order valence-corrected chi connectivity index (χ3v) is 5.60. The van der Waals surface area contributed by atoms with Crippen LogP contribution < -0.4 is 5.32 Å². The van der Waals surface area contributed by atoms with Crippen molar-refractivity contribution in [3.05, 3.63) is 0 Å². The van der Waals surface area contributed by atoms with Gasteiger partial charge in [-0.2, -0.15) is 11.8 Å². The van der Waals surface area contributed by atoms with Gasteiger partial charge in [-0.15, -0.1) is 0 Å². The smallest absolute Gasteiger partial charge is 0.00728 e. The Bertz CT molecular complexity index is 235. The summed E-state index contributed by atoms with van der Waals surface area (Å²) in [7, 11) is 2.31. The van der Waals surface area contributed by atoms with Crippen molar-refractivity contribution in [1.29, 1.82) is 0 Å². The standard InChI is InChI=1S/C15H30N2S/c1-12(7-9-18-3)17(2)8-6-13-10-14-4-5-15(11-13)16-14/h12-16H,4-11H2,1-3H3. The number of thioether (sulfide) groups is 1. The molecule has 2 aliphatic heterocycles. The predicted molar refractivity (Wildman–Crippen MR) is 82.4 cm³/mol. The van der Waals surface area contributed by atoms with Gasteiger partial charge in [0, 0.05) is 18.1 Å². The fraction of sp³-hybridized carbons (Fsp3) is 1.00. The molecule has 2 heterocycles. The summed E-state index contributed by atoms with van der Waals surface area (Å²) >= 11 is 1.97.